The quantitative estimate of drug-likeness (QED) is 0.591. The van der Waals surface area contributed by atoms with E-state index in [-0.39, 0.29) is 11.8 Å². The monoisotopic (exact) mass is 472 g/mol. The lowest BCUT2D eigenvalue weighted by molar-refractivity contribution is -0.145. The van der Waals surface area contributed by atoms with E-state index in [4.69, 9.17) is 4.98 Å². The van der Waals surface area contributed by atoms with E-state index in [1.165, 1.54) is 0 Å². The van der Waals surface area contributed by atoms with Crippen LogP contribution in [-0.4, -0.2) is 62.0 Å². The molecule has 2 aliphatic rings. The van der Waals surface area contributed by atoms with Crippen molar-refractivity contribution in [2.75, 3.05) is 25.0 Å². The molecule has 3 N–H and O–H groups in total. The molecule has 0 aromatic carbocycles. The average Bonchev–Trinajstić information content (AvgIpc) is 3.23. The Morgan fingerprint density at radius 1 is 1.18 bits per heavy atom. The third-order valence-corrected chi connectivity index (χ3v) is 7.34. The molecule has 33 heavy (non-hydrogen) atoms. The molecule has 2 aromatic rings. The summed E-state index contributed by atoms with van der Waals surface area (Å²) < 4.78 is 0. The first kappa shape index (κ1) is 23.6. The van der Waals surface area contributed by atoms with Gasteiger partial charge >= 0.3 is 0 Å². The zero-order valence-electron chi connectivity index (χ0n) is 19.3. The highest BCUT2D eigenvalue weighted by molar-refractivity contribution is 7.15. The largest absolute Gasteiger partial charge is 0.387 e. The highest BCUT2D eigenvalue weighted by atomic mass is 32.1. The molecule has 0 unspecified atom stereocenters. The number of likely N-dealkylation sites (tertiary alicyclic amines) is 1. The number of rotatable bonds is 6. The molecule has 0 spiro atoms. The maximum Gasteiger partial charge on any atom is 0.248 e. The van der Waals surface area contributed by atoms with Crippen molar-refractivity contribution >= 4 is 34.1 Å². The number of nitrogens with one attached hydrogen (secondary N) is 2. The zero-order valence-corrected chi connectivity index (χ0v) is 20.1. The van der Waals surface area contributed by atoms with Crippen molar-refractivity contribution in [1.29, 1.82) is 0 Å². The summed E-state index contributed by atoms with van der Waals surface area (Å²) in [4.78, 5) is 42.2. The lowest BCUT2D eigenvalue weighted by Crippen LogP contribution is -2.61. The molecule has 2 fully saturated rings. The summed E-state index contributed by atoms with van der Waals surface area (Å²) in [7, 11) is 0. The minimum Gasteiger partial charge on any atom is -0.387 e. The average molecular weight is 473 g/mol. The van der Waals surface area contributed by atoms with E-state index in [0.717, 1.165) is 59.4 Å². The summed E-state index contributed by atoms with van der Waals surface area (Å²) >= 11 is 1.58. The van der Waals surface area contributed by atoms with Crippen LogP contribution in [0.4, 0.5) is 10.9 Å². The number of aryl methyl sites for hydroxylation is 2. The number of anilines is 2. The Morgan fingerprint density at radius 3 is 2.55 bits per heavy atom. The number of hydrogen-bond acceptors (Lipinski definition) is 8. The zero-order chi connectivity index (χ0) is 23.4. The van der Waals surface area contributed by atoms with Gasteiger partial charge in [-0.25, -0.2) is 15.0 Å². The number of carbonyl (C=O) groups excluding carboxylic acids is 2. The second-order valence-corrected chi connectivity index (χ2v) is 10.3. The fourth-order valence-corrected chi connectivity index (χ4v) is 5.53. The number of carbonyl (C=O) groups is 2. The normalized spacial score (nSPS) is 18.7. The van der Waals surface area contributed by atoms with Gasteiger partial charge in [-0.3, -0.25) is 9.59 Å². The van der Waals surface area contributed by atoms with Gasteiger partial charge in [0.05, 0.1) is 0 Å². The van der Waals surface area contributed by atoms with Gasteiger partial charge in [0.1, 0.15) is 23.8 Å². The van der Waals surface area contributed by atoms with Crippen LogP contribution in [0.1, 0.15) is 67.3 Å². The lowest BCUT2D eigenvalue weighted by atomic mass is 9.79. The van der Waals surface area contributed by atoms with Gasteiger partial charge in [-0.15, -0.1) is 11.3 Å². The van der Waals surface area contributed by atoms with Crippen molar-refractivity contribution in [1.82, 2.24) is 25.2 Å². The third kappa shape index (κ3) is 5.50. The molecule has 2 amide bonds. The van der Waals surface area contributed by atoms with Gasteiger partial charge in [-0.05, 0) is 39.5 Å². The minimum atomic E-state index is -0.881. The highest BCUT2D eigenvalue weighted by Crippen LogP contribution is 2.33. The van der Waals surface area contributed by atoms with Gasteiger partial charge in [0.2, 0.25) is 11.8 Å². The number of aliphatic hydroxyl groups excluding tert-OH is 1. The fraction of sp³-hybridized carbons (Fsp3) is 0.609. The molecule has 1 aliphatic heterocycles. The Kier molecular flexibility index (Phi) is 7.23. The molecular formula is C23H32N6O3S. The van der Waals surface area contributed by atoms with Crippen LogP contribution >= 0.6 is 11.3 Å². The van der Waals surface area contributed by atoms with Crippen molar-refractivity contribution in [2.24, 2.45) is 0 Å². The topological polar surface area (TPSA) is 120 Å². The van der Waals surface area contributed by atoms with Gasteiger partial charge in [0, 0.05) is 41.8 Å². The van der Waals surface area contributed by atoms with Crippen LogP contribution in [0.15, 0.2) is 12.3 Å². The first-order valence-corrected chi connectivity index (χ1v) is 12.5. The molecule has 178 valence electrons. The van der Waals surface area contributed by atoms with Gasteiger partial charge < -0.3 is 20.6 Å². The Balaban J connectivity index is 1.42. The van der Waals surface area contributed by atoms with Crippen LogP contribution in [0.5, 0.6) is 0 Å². The van der Waals surface area contributed by atoms with Crippen LogP contribution in [0.2, 0.25) is 0 Å². The molecule has 2 aromatic heterocycles. The molecule has 1 saturated carbocycles. The Morgan fingerprint density at radius 2 is 1.91 bits per heavy atom. The predicted molar refractivity (Wildman–Crippen MR) is 127 cm³/mol. The molecular weight excluding hydrogens is 440 g/mol. The first-order chi connectivity index (χ1) is 15.9. The SMILES string of the molecule is Cc1cc(Nc2ncc(C)s2)nc(C2CCN(C(=O)C3(NC(=O)CO)CCCCC3)CC2)n1. The first-order valence-electron chi connectivity index (χ1n) is 11.6. The molecule has 0 bridgehead atoms. The van der Waals surface area contributed by atoms with Crippen LogP contribution in [-0.2, 0) is 9.59 Å². The van der Waals surface area contributed by atoms with Gasteiger partial charge in [-0.1, -0.05) is 19.3 Å². The second kappa shape index (κ2) is 10.1. The highest BCUT2D eigenvalue weighted by Gasteiger charge is 2.44. The number of hydrogen-bond donors (Lipinski definition) is 3. The van der Waals surface area contributed by atoms with Crippen molar-refractivity contribution in [3.05, 3.63) is 28.7 Å². The molecule has 1 saturated heterocycles. The summed E-state index contributed by atoms with van der Waals surface area (Å²) in [6.45, 7) is 4.58. The summed E-state index contributed by atoms with van der Waals surface area (Å²) in [5.74, 6) is 1.19. The van der Waals surface area contributed by atoms with E-state index in [1.54, 1.807) is 11.3 Å². The van der Waals surface area contributed by atoms with E-state index >= 15 is 0 Å². The number of nitrogens with zero attached hydrogens (tertiary/aromatic N) is 4. The number of piperidine rings is 1. The Bertz CT molecular complexity index is 996. The number of aromatic nitrogens is 3. The van der Waals surface area contributed by atoms with Crippen LogP contribution < -0.4 is 10.6 Å². The van der Waals surface area contributed by atoms with Crippen molar-refractivity contribution in [2.45, 2.75) is 70.3 Å². The maximum absolute atomic E-state index is 13.5. The predicted octanol–water partition coefficient (Wildman–Crippen LogP) is 2.81. The summed E-state index contributed by atoms with van der Waals surface area (Å²) in [5, 5.41) is 16.1. The van der Waals surface area contributed by atoms with Gasteiger partial charge in [-0.2, -0.15) is 0 Å². The molecule has 4 rings (SSSR count). The van der Waals surface area contributed by atoms with Crippen molar-refractivity contribution in [3.63, 3.8) is 0 Å². The second-order valence-electron chi connectivity index (χ2n) is 9.07. The van der Waals surface area contributed by atoms with Crippen LogP contribution in [0, 0.1) is 13.8 Å². The van der Waals surface area contributed by atoms with E-state index in [9.17, 15) is 14.7 Å². The fourth-order valence-electron chi connectivity index (χ4n) is 4.86. The smallest absolute Gasteiger partial charge is 0.248 e. The third-order valence-electron chi connectivity index (χ3n) is 6.51. The van der Waals surface area contributed by atoms with Gasteiger partial charge in [0.25, 0.3) is 0 Å². The number of thiazole rings is 1. The summed E-state index contributed by atoms with van der Waals surface area (Å²) in [6, 6.07) is 1.91. The summed E-state index contributed by atoms with van der Waals surface area (Å²) in [5.41, 5.74) is 0.00960. The van der Waals surface area contributed by atoms with Crippen LogP contribution in [0.25, 0.3) is 0 Å². The number of amides is 2. The van der Waals surface area contributed by atoms with Crippen molar-refractivity contribution in [3.8, 4) is 0 Å². The number of aliphatic hydroxyl groups is 1. The minimum absolute atomic E-state index is 0.0193. The standard InChI is InChI=1S/C23H32N6O3S/c1-15-12-18(27-22-24-13-16(2)33-22)26-20(25-15)17-6-10-29(11-7-17)21(32)23(28-19(31)14-30)8-4-3-5-9-23/h12-13,17,30H,3-11,14H2,1-2H3,(H,28,31)(H,24,25,26,27). The van der Waals surface area contributed by atoms with E-state index < -0.39 is 18.1 Å². The molecule has 3 heterocycles. The Labute approximate surface area is 198 Å². The molecule has 0 radical (unpaired) electrons. The molecule has 9 nitrogen and oxygen atoms in total. The van der Waals surface area contributed by atoms with Crippen molar-refractivity contribution < 1.29 is 14.7 Å². The molecule has 1 aliphatic carbocycles. The molecule has 10 heteroatoms. The lowest BCUT2D eigenvalue weighted by Gasteiger charge is -2.42. The summed E-state index contributed by atoms with van der Waals surface area (Å²) in [6.07, 6.45) is 7.50. The Hall–Kier alpha value is -2.59. The van der Waals surface area contributed by atoms with E-state index in [1.807, 2.05) is 31.0 Å². The van der Waals surface area contributed by atoms with E-state index in [2.05, 4.69) is 20.6 Å². The maximum atomic E-state index is 13.5. The van der Waals surface area contributed by atoms with Gasteiger partial charge in [0.15, 0.2) is 5.13 Å². The van der Waals surface area contributed by atoms with E-state index in [0.29, 0.717) is 25.9 Å². The molecule has 0 atom stereocenters. The van der Waals surface area contributed by atoms with Crippen LogP contribution in [0.3, 0.4) is 0 Å².